The summed E-state index contributed by atoms with van der Waals surface area (Å²) in [5.41, 5.74) is 6.54. The number of nitriles is 1. The fourth-order valence-electron chi connectivity index (χ4n) is 2.05. The molecule has 2 rings (SSSR count). The van der Waals surface area contributed by atoms with Gasteiger partial charge in [-0.05, 0) is 25.1 Å². The van der Waals surface area contributed by atoms with Crippen LogP contribution in [-0.4, -0.2) is 39.5 Å². The van der Waals surface area contributed by atoms with E-state index in [1.54, 1.807) is 25.1 Å². The summed E-state index contributed by atoms with van der Waals surface area (Å²) in [4.78, 5) is 24.1. The third kappa shape index (κ3) is 4.27. The van der Waals surface area contributed by atoms with Gasteiger partial charge in [0.25, 0.3) is 0 Å². The molecule has 1 atom stereocenters. The minimum absolute atomic E-state index is 0.0754. The normalized spacial score (nSPS) is 11.4. The minimum Gasteiger partial charge on any atom is -0.465 e. The number of hydrogen-bond donors (Lipinski definition) is 2. The molecule has 0 fully saturated rings. The first-order valence-corrected chi connectivity index (χ1v) is 8.15. The average Bonchev–Trinajstić information content (AvgIpc) is 2.99. The quantitative estimate of drug-likeness (QED) is 0.583. The van der Waals surface area contributed by atoms with Crippen molar-refractivity contribution in [1.29, 1.82) is 5.26 Å². The van der Waals surface area contributed by atoms with Crippen molar-refractivity contribution in [2.75, 3.05) is 23.9 Å². The van der Waals surface area contributed by atoms with Gasteiger partial charge in [0.2, 0.25) is 11.9 Å². The molecule has 0 saturated heterocycles. The summed E-state index contributed by atoms with van der Waals surface area (Å²) in [5, 5.41) is 19.4. The number of nitrogen functional groups attached to an aromatic ring is 1. The number of rotatable bonds is 6. The van der Waals surface area contributed by atoms with Crippen LogP contribution in [0, 0.1) is 11.3 Å². The summed E-state index contributed by atoms with van der Waals surface area (Å²) in [6, 6.07) is 7.65. The second-order valence-electron chi connectivity index (χ2n) is 4.90. The number of amides is 1. The van der Waals surface area contributed by atoms with E-state index in [9.17, 15) is 9.59 Å². The van der Waals surface area contributed by atoms with Crippen LogP contribution in [0.2, 0.25) is 0 Å². The zero-order valence-electron chi connectivity index (χ0n) is 13.6. The zero-order valence-corrected chi connectivity index (χ0v) is 14.4. The average molecular weight is 360 g/mol. The Morgan fingerprint density at radius 1 is 1.48 bits per heavy atom. The topological polar surface area (TPSA) is 136 Å². The summed E-state index contributed by atoms with van der Waals surface area (Å²) in [7, 11) is 1.28. The van der Waals surface area contributed by atoms with E-state index in [-0.39, 0.29) is 17.6 Å². The van der Waals surface area contributed by atoms with Gasteiger partial charge in [0.05, 0.1) is 24.5 Å². The zero-order chi connectivity index (χ0) is 18.4. The van der Waals surface area contributed by atoms with Crippen LogP contribution < -0.4 is 11.1 Å². The number of aromatic nitrogens is 3. The highest BCUT2D eigenvalue weighted by Gasteiger charge is 2.22. The maximum absolute atomic E-state index is 12.5. The molecular formula is C15H16N6O3S. The molecule has 1 amide bonds. The van der Waals surface area contributed by atoms with Gasteiger partial charge < -0.3 is 15.8 Å². The second kappa shape index (κ2) is 8.16. The summed E-state index contributed by atoms with van der Waals surface area (Å²) < 4.78 is 6.10. The van der Waals surface area contributed by atoms with Crippen molar-refractivity contribution < 1.29 is 14.3 Å². The van der Waals surface area contributed by atoms with E-state index >= 15 is 0 Å². The van der Waals surface area contributed by atoms with Crippen molar-refractivity contribution >= 4 is 35.3 Å². The Kier molecular flexibility index (Phi) is 5.97. The van der Waals surface area contributed by atoms with Gasteiger partial charge in [-0.3, -0.25) is 9.36 Å². The molecule has 9 nitrogen and oxygen atoms in total. The lowest BCUT2D eigenvalue weighted by molar-refractivity contribution is -0.118. The molecular weight excluding hydrogens is 344 g/mol. The number of esters is 1. The fraction of sp³-hybridized carbons (Fsp3) is 0.267. The van der Waals surface area contributed by atoms with Crippen LogP contribution >= 0.6 is 11.8 Å². The summed E-state index contributed by atoms with van der Waals surface area (Å²) in [6.45, 7) is 1.63. The van der Waals surface area contributed by atoms with Crippen LogP contribution in [0.1, 0.15) is 23.3 Å². The van der Waals surface area contributed by atoms with Crippen molar-refractivity contribution in [3.05, 3.63) is 29.8 Å². The van der Waals surface area contributed by atoms with Crippen LogP contribution in [0.3, 0.4) is 0 Å². The van der Waals surface area contributed by atoms with Crippen molar-refractivity contribution in [3.63, 3.8) is 0 Å². The molecule has 10 heteroatoms. The number of ether oxygens (including phenoxy) is 1. The van der Waals surface area contributed by atoms with Crippen molar-refractivity contribution in [1.82, 2.24) is 14.8 Å². The molecule has 1 aromatic heterocycles. The first kappa shape index (κ1) is 18.3. The molecule has 0 radical (unpaired) electrons. The molecule has 1 aromatic carbocycles. The third-order valence-electron chi connectivity index (χ3n) is 3.27. The molecule has 130 valence electrons. The van der Waals surface area contributed by atoms with Crippen molar-refractivity contribution in [2.45, 2.75) is 18.1 Å². The third-order valence-corrected chi connectivity index (χ3v) is 4.08. The number of methoxy groups -OCH3 is 1. The Morgan fingerprint density at radius 3 is 2.92 bits per heavy atom. The Balaban J connectivity index is 2.18. The molecule has 1 heterocycles. The van der Waals surface area contributed by atoms with Gasteiger partial charge in [0.15, 0.2) is 5.16 Å². The van der Waals surface area contributed by atoms with Crippen LogP contribution in [0.4, 0.5) is 11.6 Å². The van der Waals surface area contributed by atoms with E-state index in [1.165, 1.54) is 17.7 Å². The van der Waals surface area contributed by atoms with Gasteiger partial charge in [-0.15, -0.1) is 10.2 Å². The monoisotopic (exact) mass is 360 g/mol. The van der Waals surface area contributed by atoms with Gasteiger partial charge in [0.1, 0.15) is 6.04 Å². The van der Waals surface area contributed by atoms with Gasteiger partial charge in [-0.2, -0.15) is 5.26 Å². The van der Waals surface area contributed by atoms with Crippen molar-refractivity contribution in [2.24, 2.45) is 0 Å². The summed E-state index contributed by atoms with van der Waals surface area (Å²) >= 11 is 1.14. The van der Waals surface area contributed by atoms with Crippen LogP contribution in [0.15, 0.2) is 29.4 Å². The number of thioether (sulfide) groups is 1. The van der Waals surface area contributed by atoms with E-state index in [0.29, 0.717) is 16.4 Å². The highest BCUT2D eigenvalue weighted by Crippen LogP contribution is 2.23. The predicted octanol–water partition coefficient (Wildman–Crippen LogP) is 1.46. The second-order valence-corrected chi connectivity index (χ2v) is 5.84. The van der Waals surface area contributed by atoms with Crippen LogP contribution in [0.25, 0.3) is 0 Å². The molecule has 0 saturated carbocycles. The lowest BCUT2D eigenvalue weighted by atomic mass is 10.2. The molecule has 2 aromatic rings. The molecule has 0 bridgehead atoms. The lowest BCUT2D eigenvalue weighted by Gasteiger charge is -2.16. The van der Waals surface area contributed by atoms with Gasteiger partial charge in [-0.1, -0.05) is 17.8 Å². The first-order valence-electron chi connectivity index (χ1n) is 7.17. The molecule has 1 unspecified atom stereocenters. The predicted molar refractivity (Wildman–Crippen MR) is 91.9 cm³/mol. The van der Waals surface area contributed by atoms with Gasteiger partial charge in [-0.25, -0.2) is 4.79 Å². The first-order chi connectivity index (χ1) is 12.0. The summed E-state index contributed by atoms with van der Waals surface area (Å²) in [5.74, 6) is -0.630. The highest BCUT2D eigenvalue weighted by molar-refractivity contribution is 7.99. The Morgan fingerprint density at radius 2 is 2.24 bits per heavy atom. The van der Waals surface area contributed by atoms with Gasteiger partial charge in [0, 0.05) is 5.69 Å². The Bertz CT molecular complexity index is 829. The smallest absolute Gasteiger partial charge is 0.337 e. The largest absolute Gasteiger partial charge is 0.465 e. The Hall–Kier alpha value is -3.06. The molecule has 0 spiro atoms. The summed E-state index contributed by atoms with van der Waals surface area (Å²) in [6.07, 6.45) is 0. The number of carbonyl (C=O) groups is 2. The maximum atomic E-state index is 12.5. The minimum atomic E-state index is -0.710. The number of carbonyl (C=O) groups excluding carboxylic acids is 2. The van der Waals surface area contributed by atoms with E-state index in [0.717, 1.165) is 11.8 Å². The molecule has 3 N–H and O–H groups in total. The maximum Gasteiger partial charge on any atom is 0.337 e. The molecule has 0 aliphatic carbocycles. The van der Waals surface area contributed by atoms with Gasteiger partial charge >= 0.3 is 5.97 Å². The SMILES string of the molecule is COC(=O)c1cccc(NC(=O)C(C)n2c(N)nnc2SCC#N)c1. The van der Waals surface area contributed by atoms with Crippen molar-refractivity contribution in [3.8, 4) is 6.07 Å². The number of nitrogens with one attached hydrogen (secondary N) is 1. The lowest BCUT2D eigenvalue weighted by Crippen LogP contribution is -2.25. The standard InChI is InChI=1S/C15H16N6O3S/c1-9(21-14(17)19-20-15(21)25-7-6-16)12(22)18-11-5-3-4-10(8-11)13(23)24-2/h3-5,8-9H,7H2,1-2H3,(H2,17,19)(H,18,22). The fourth-order valence-corrected chi connectivity index (χ4v) is 2.74. The van der Waals surface area contributed by atoms with E-state index < -0.39 is 12.0 Å². The molecule has 0 aliphatic heterocycles. The van der Waals surface area contributed by atoms with E-state index in [4.69, 9.17) is 11.0 Å². The molecule has 0 aliphatic rings. The number of nitrogens with zero attached hydrogens (tertiary/aromatic N) is 4. The van der Waals surface area contributed by atoms with E-state index in [2.05, 4.69) is 20.3 Å². The van der Waals surface area contributed by atoms with Crippen LogP contribution in [-0.2, 0) is 9.53 Å². The number of benzene rings is 1. The molecule has 25 heavy (non-hydrogen) atoms. The number of anilines is 2. The van der Waals surface area contributed by atoms with Crippen LogP contribution in [0.5, 0.6) is 0 Å². The Labute approximate surface area is 148 Å². The number of nitrogens with two attached hydrogens (primary N) is 1. The highest BCUT2D eigenvalue weighted by atomic mass is 32.2. The number of hydrogen-bond acceptors (Lipinski definition) is 8. The van der Waals surface area contributed by atoms with E-state index in [1.807, 2.05) is 6.07 Å².